The van der Waals surface area contributed by atoms with Gasteiger partial charge in [0.05, 0.1) is 5.56 Å². The van der Waals surface area contributed by atoms with Gasteiger partial charge in [0.1, 0.15) is 17.6 Å². The largest absolute Gasteiger partial charge is 0.438 e. The van der Waals surface area contributed by atoms with E-state index in [1.54, 1.807) is 30.5 Å². The lowest BCUT2D eigenvalue weighted by atomic mass is 9.82. The number of fused-ring (bicyclic) bond motifs is 4. The summed E-state index contributed by atoms with van der Waals surface area (Å²) >= 11 is 3.47. The zero-order chi connectivity index (χ0) is 19.3. The lowest BCUT2D eigenvalue weighted by molar-refractivity contribution is -0.0974. The number of hydrogen-bond donors (Lipinski definition) is 2. The van der Waals surface area contributed by atoms with Gasteiger partial charge in [-0.15, -0.1) is 0 Å². The molecule has 28 heavy (non-hydrogen) atoms. The molecule has 6 nitrogen and oxygen atoms in total. The Morgan fingerprint density at radius 2 is 2.11 bits per heavy atom. The van der Waals surface area contributed by atoms with Crippen LogP contribution in [0, 0.1) is 5.95 Å². The van der Waals surface area contributed by atoms with E-state index >= 15 is 0 Å². The average Bonchev–Trinajstić information content (AvgIpc) is 2.69. The standard InChI is InChI=1S/C20H16BrFN4O2/c21-12-7-15-19(26-8-12)27-16-4-3-11(13-2-1-5-25-18(13)22)6-14(16)20(15)10-24-9-17(23)28-20/h1-8,17,24H,9-10,23H2/t17-,20?/m0/s1. The third kappa shape index (κ3) is 2.72. The fourth-order valence-corrected chi connectivity index (χ4v) is 4.13. The lowest BCUT2D eigenvalue weighted by Crippen LogP contribution is -2.56. The Bertz CT molecular complexity index is 1080. The summed E-state index contributed by atoms with van der Waals surface area (Å²) in [6.07, 6.45) is 2.59. The van der Waals surface area contributed by atoms with E-state index in [2.05, 4.69) is 31.2 Å². The molecule has 2 atom stereocenters. The van der Waals surface area contributed by atoms with Crippen molar-refractivity contribution < 1.29 is 13.9 Å². The summed E-state index contributed by atoms with van der Waals surface area (Å²) in [4.78, 5) is 8.15. The molecule has 2 aromatic heterocycles. The van der Waals surface area contributed by atoms with E-state index in [0.29, 0.717) is 35.8 Å². The van der Waals surface area contributed by atoms with E-state index in [4.69, 9.17) is 15.2 Å². The molecule has 0 bridgehead atoms. The number of morpholine rings is 1. The zero-order valence-electron chi connectivity index (χ0n) is 14.7. The van der Waals surface area contributed by atoms with E-state index in [0.717, 1.165) is 15.6 Å². The highest BCUT2D eigenvalue weighted by atomic mass is 79.9. The molecular weight excluding hydrogens is 427 g/mol. The fraction of sp³-hybridized carbons (Fsp3) is 0.200. The van der Waals surface area contributed by atoms with Crippen LogP contribution in [0.15, 0.2) is 53.3 Å². The Labute approximate surface area is 169 Å². The second-order valence-electron chi connectivity index (χ2n) is 6.78. The first-order valence-electron chi connectivity index (χ1n) is 8.80. The number of nitrogens with two attached hydrogens (primary N) is 1. The molecular formula is C20H16BrFN4O2. The molecule has 0 saturated carbocycles. The van der Waals surface area contributed by atoms with Gasteiger partial charge in [-0.2, -0.15) is 4.39 Å². The highest BCUT2D eigenvalue weighted by Crippen LogP contribution is 2.50. The topological polar surface area (TPSA) is 82.3 Å². The second-order valence-corrected chi connectivity index (χ2v) is 7.69. The minimum absolute atomic E-state index is 0.409. The summed E-state index contributed by atoms with van der Waals surface area (Å²) in [6, 6.07) is 10.8. The van der Waals surface area contributed by atoms with Crippen LogP contribution in [0.5, 0.6) is 11.6 Å². The Balaban J connectivity index is 1.74. The Morgan fingerprint density at radius 3 is 2.93 bits per heavy atom. The van der Waals surface area contributed by atoms with Crippen molar-refractivity contribution >= 4 is 15.9 Å². The summed E-state index contributed by atoms with van der Waals surface area (Å²) < 4.78 is 27.4. The van der Waals surface area contributed by atoms with E-state index in [1.807, 2.05) is 12.1 Å². The Morgan fingerprint density at radius 1 is 1.21 bits per heavy atom. The molecule has 1 saturated heterocycles. The van der Waals surface area contributed by atoms with Crippen molar-refractivity contribution in [1.82, 2.24) is 15.3 Å². The van der Waals surface area contributed by atoms with E-state index in [-0.39, 0.29) is 0 Å². The first kappa shape index (κ1) is 17.7. The molecule has 1 fully saturated rings. The van der Waals surface area contributed by atoms with Crippen LogP contribution < -0.4 is 15.8 Å². The molecule has 0 radical (unpaired) electrons. The molecule has 2 aliphatic rings. The van der Waals surface area contributed by atoms with Gasteiger partial charge in [0.2, 0.25) is 11.8 Å². The summed E-state index contributed by atoms with van der Waals surface area (Å²) in [6.45, 7) is 1.02. The quantitative estimate of drug-likeness (QED) is 0.562. The first-order valence-corrected chi connectivity index (χ1v) is 9.59. The number of benzene rings is 1. The van der Waals surface area contributed by atoms with Gasteiger partial charge in [-0.05, 0) is 51.8 Å². The molecule has 8 heteroatoms. The molecule has 142 valence electrons. The van der Waals surface area contributed by atoms with Crippen LogP contribution in [0.4, 0.5) is 4.39 Å². The number of ether oxygens (including phenoxy) is 2. The highest BCUT2D eigenvalue weighted by molar-refractivity contribution is 9.10. The van der Waals surface area contributed by atoms with Gasteiger partial charge in [0.15, 0.2) is 0 Å². The molecule has 3 aromatic rings. The number of nitrogens with zero attached hydrogens (tertiary/aromatic N) is 2. The number of hydrogen-bond acceptors (Lipinski definition) is 6. The molecule has 1 aromatic carbocycles. The van der Waals surface area contributed by atoms with Crippen LogP contribution >= 0.6 is 15.9 Å². The molecule has 5 rings (SSSR count). The Kier molecular flexibility index (Phi) is 4.17. The van der Waals surface area contributed by atoms with E-state index < -0.39 is 17.8 Å². The number of nitrogens with one attached hydrogen (secondary N) is 1. The van der Waals surface area contributed by atoms with Crippen molar-refractivity contribution in [1.29, 1.82) is 0 Å². The third-order valence-electron chi connectivity index (χ3n) is 5.02. The summed E-state index contributed by atoms with van der Waals surface area (Å²) in [5.41, 5.74) is 7.86. The van der Waals surface area contributed by atoms with Gasteiger partial charge >= 0.3 is 0 Å². The van der Waals surface area contributed by atoms with Crippen molar-refractivity contribution in [2.45, 2.75) is 11.8 Å². The van der Waals surface area contributed by atoms with Crippen molar-refractivity contribution in [3.05, 3.63) is 70.3 Å². The van der Waals surface area contributed by atoms with Crippen LogP contribution in [0.1, 0.15) is 11.1 Å². The van der Waals surface area contributed by atoms with Gasteiger partial charge in [0.25, 0.3) is 0 Å². The smallest absolute Gasteiger partial charge is 0.225 e. The number of aromatic nitrogens is 2. The van der Waals surface area contributed by atoms with Gasteiger partial charge in [-0.25, -0.2) is 9.97 Å². The summed E-state index contributed by atoms with van der Waals surface area (Å²) in [7, 11) is 0. The number of pyridine rings is 2. The molecule has 2 aliphatic heterocycles. The normalized spacial score (nSPS) is 23.0. The predicted molar refractivity (Wildman–Crippen MR) is 104 cm³/mol. The van der Waals surface area contributed by atoms with Gasteiger partial charge in [-0.3, -0.25) is 0 Å². The first-order chi connectivity index (χ1) is 13.6. The molecule has 1 spiro atoms. The van der Waals surface area contributed by atoms with Crippen LogP contribution in [0.2, 0.25) is 0 Å². The molecule has 0 aliphatic carbocycles. The number of rotatable bonds is 1. The predicted octanol–water partition coefficient (Wildman–Crippen LogP) is 3.30. The fourth-order valence-electron chi connectivity index (χ4n) is 3.80. The molecule has 3 N–H and O–H groups in total. The van der Waals surface area contributed by atoms with E-state index in [9.17, 15) is 4.39 Å². The Hall–Kier alpha value is -2.39. The van der Waals surface area contributed by atoms with Crippen LogP contribution in [0.3, 0.4) is 0 Å². The van der Waals surface area contributed by atoms with Gasteiger partial charge in [-0.1, -0.05) is 6.07 Å². The number of halogens is 2. The van der Waals surface area contributed by atoms with Gasteiger partial charge in [0, 0.05) is 41.1 Å². The maximum absolute atomic E-state index is 14.3. The van der Waals surface area contributed by atoms with Crippen LogP contribution in [-0.4, -0.2) is 29.3 Å². The SMILES string of the molecule is N[C@@H]1CNCC2(O1)c1cc(-c3cccnc3F)ccc1Oc1ncc(Br)cc12. The molecule has 1 unspecified atom stereocenters. The monoisotopic (exact) mass is 442 g/mol. The summed E-state index contributed by atoms with van der Waals surface area (Å²) in [5.74, 6) is 0.538. The minimum Gasteiger partial charge on any atom is -0.438 e. The molecule has 4 heterocycles. The van der Waals surface area contributed by atoms with E-state index in [1.165, 1.54) is 6.20 Å². The van der Waals surface area contributed by atoms with Crippen molar-refractivity contribution in [2.75, 3.05) is 13.1 Å². The van der Waals surface area contributed by atoms with Crippen molar-refractivity contribution in [3.8, 4) is 22.8 Å². The van der Waals surface area contributed by atoms with Crippen LogP contribution in [-0.2, 0) is 10.3 Å². The van der Waals surface area contributed by atoms with Gasteiger partial charge < -0.3 is 20.5 Å². The second kappa shape index (κ2) is 6.59. The molecule has 0 amide bonds. The lowest BCUT2D eigenvalue weighted by Gasteiger charge is -2.44. The van der Waals surface area contributed by atoms with Crippen molar-refractivity contribution in [2.24, 2.45) is 5.73 Å². The maximum atomic E-state index is 14.3. The van der Waals surface area contributed by atoms with Crippen LogP contribution in [0.25, 0.3) is 11.1 Å². The summed E-state index contributed by atoms with van der Waals surface area (Å²) in [5, 5.41) is 3.33. The average molecular weight is 443 g/mol. The van der Waals surface area contributed by atoms with Crippen molar-refractivity contribution in [3.63, 3.8) is 0 Å². The zero-order valence-corrected chi connectivity index (χ0v) is 16.2. The maximum Gasteiger partial charge on any atom is 0.225 e. The minimum atomic E-state index is -0.897. The highest BCUT2D eigenvalue weighted by Gasteiger charge is 2.47. The third-order valence-corrected chi connectivity index (χ3v) is 5.45.